The lowest BCUT2D eigenvalue weighted by Crippen LogP contribution is -2.24. The third-order valence-corrected chi connectivity index (χ3v) is 5.05. The summed E-state index contributed by atoms with van der Waals surface area (Å²) in [7, 11) is 0. The van der Waals surface area contributed by atoms with E-state index in [9.17, 15) is 0 Å². The highest BCUT2D eigenvalue weighted by Crippen LogP contribution is 2.36. The maximum absolute atomic E-state index is 6.15. The van der Waals surface area contributed by atoms with Gasteiger partial charge in [-0.3, -0.25) is 0 Å². The van der Waals surface area contributed by atoms with Gasteiger partial charge in [-0.2, -0.15) is 0 Å². The van der Waals surface area contributed by atoms with Crippen molar-refractivity contribution in [2.45, 2.75) is 23.1 Å². The van der Waals surface area contributed by atoms with Crippen molar-refractivity contribution >= 4 is 23.4 Å². The number of halogens is 1. The first-order valence-corrected chi connectivity index (χ1v) is 7.77. The molecule has 1 unspecified atom stereocenters. The zero-order valence-corrected chi connectivity index (χ0v) is 12.2. The van der Waals surface area contributed by atoms with Gasteiger partial charge in [-0.15, -0.1) is 11.8 Å². The standard InChI is InChI=1S/C16H16ClNS/c17-15-7-3-1-6-13(15)10-18-11-14-9-12-5-2-4-8-16(12)19-14/h1-8,14,18H,9-11H2. The van der Waals surface area contributed by atoms with E-state index in [4.69, 9.17) is 11.6 Å². The lowest BCUT2D eigenvalue weighted by Gasteiger charge is -2.11. The van der Waals surface area contributed by atoms with Gasteiger partial charge < -0.3 is 5.32 Å². The average Bonchev–Trinajstić information content (AvgIpc) is 2.83. The Morgan fingerprint density at radius 1 is 1.11 bits per heavy atom. The molecule has 0 spiro atoms. The van der Waals surface area contributed by atoms with Crippen LogP contribution in [0.2, 0.25) is 5.02 Å². The highest BCUT2D eigenvalue weighted by molar-refractivity contribution is 8.00. The van der Waals surface area contributed by atoms with E-state index < -0.39 is 0 Å². The highest BCUT2D eigenvalue weighted by Gasteiger charge is 2.21. The van der Waals surface area contributed by atoms with Crippen LogP contribution in [0.5, 0.6) is 0 Å². The number of hydrogen-bond acceptors (Lipinski definition) is 2. The smallest absolute Gasteiger partial charge is 0.0450 e. The third kappa shape index (κ3) is 3.14. The Hall–Kier alpha value is -0.960. The van der Waals surface area contributed by atoms with Gasteiger partial charge in [-0.05, 0) is 29.7 Å². The second-order valence-electron chi connectivity index (χ2n) is 4.77. The number of hydrogen-bond donors (Lipinski definition) is 1. The van der Waals surface area contributed by atoms with Gasteiger partial charge in [0.1, 0.15) is 0 Å². The van der Waals surface area contributed by atoms with Crippen LogP contribution in [0.25, 0.3) is 0 Å². The summed E-state index contributed by atoms with van der Waals surface area (Å²) in [6.45, 7) is 1.86. The number of benzene rings is 2. The molecule has 0 saturated carbocycles. The van der Waals surface area contributed by atoms with E-state index in [1.165, 1.54) is 16.0 Å². The number of thioether (sulfide) groups is 1. The van der Waals surface area contributed by atoms with E-state index >= 15 is 0 Å². The lowest BCUT2D eigenvalue weighted by molar-refractivity contribution is 0.665. The molecule has 1 heterocycles. The third-order valence-electron chi connectivity index (χ3n) is 3.36. The van der Waals surface area contributed by atoms with Crippen LogP contribution in [0.1, 0.15) is 11.1 Å². The van der Waals surface area contributed by atoms with Crippen LogP contribution in [0.15, 0.2) is 53.4 Å². The fraction of sp³-hybridized carbons (Fsp3) is 0.250. The fourth-order valence-electron chi connectivity index (χ4n) is 2.38. The van der Waals surface area contributed by atoms with Gasteiger partial charge in [-0.25, -0.2) is 0 Å². The molecule has 3 heteroatoms. The monoisotopic (exact) mass is 289 g/mol. The van der Waals surface area contributed by atoms with Gasteiger partial charge in [-0.1, -0.05) is 48.0 Å². The summed E-state index contributed by atoms with van der Waals surface area (Å²) >= 11 is 8.13. The van der Waals surface area contributed by atoms with Crippen molar-refractivity contribution in [1.29, 1.82) is 0 Å². The van der Waals surface area contributed by atoms with E-state index in [0.717, 1.165) is 24.5 Å². The molecule has 0 fully saturated rings. The molecule has 1 N–H and O–H groups in total. The molecule has 0 aliphatic carbocycles. The van der Waals surface area contributed by atoms with E-state index in [2.05, 4.69) is 35.6 Å². The van der Waals surface area contributed by atoms with Crippen molar-refractivity contribution < 1.29 is 0 Å². The van der Waals surface area contributed by atoms with Gasteiger partial charge in [0.2, 0.25) is 0 Å². The van der Waals surface area contributed by atoms with Gasteiger partial charge in [0.15, 0.2) is 0 Å². The summed E-state index contributed by atoms with van der Waals surface area (Å²) in [6.07, 6.45) is 1.16. The number of nitrogens with one attached hydrogen (secondary N) is 1. The predicted molar refractivity (Wildman–Crippen MR) is 82.9 cm³/mol. The molecule has 0 aromatic heterocycles. The number of fused-ring (bicyclic) bond motifs is 1. The van der Waals surface area contributed by atoms with Gasteiger partial charge in [0, 0.05) is 28.3 Å². The van der Waals surface area contributed by atoms with E-state index in [1.807, 2.05) is 30.0 Å². The molecular weight excluding hydrogens is 274 g/mol. The molecule has 3 rings (SSSR count). The maximum Gasteiger partial charge on any atom is 0.0450 e. The van der Waals surface area contributed by atoms with Crippen molar-refractivity contribution in [3.63, 3.8) is 0 Å². The molecule has 0 saturated heterocycles. The summed E-state index contributed by atoms with van der Waals surface area (Å²) in [5, 5.41) is 5.00. The Bertz CT molecular complexity index is 545. The van der Waals surface area contributed by atoms with Crippen LogP contribution >= 0.6 is 23.4 Å². The molecule has 19 heavy (non-hydrogen) atoms. The maximum atomic E-state index is 6.15. The van der Waals surface area contributed by atoms with E-state index in [1.54, 1.807) is 0 Å². The molecule has 0 amide bonds. The van der Waals surface area contributed by atoms with Crippen LogP contribution < -0.4 is 5.32 Å². The Morgan fingerprint density at radius 2 is 1.89 bits per heavy atom. The van der Waals surface area contributed by atoms with Crippen LogP contribution in [-0.4, -0.2) is 11.8 Å². The zero-order valence-electron chi connectivity index (χ0n) is 10.6. The Balaban J connectivity index is 1.51. The molecule has 98 valence electrons. The highest BCUT2D eigenvalue weighted by atomic mass is 35.5. The van der Waals surface area contributed by atoms with Crippen LogP contribution in [0.4, 0.5) is 0 Å². The Morgan fingerprint density at radius 3 is 2.74 bits per heavy atom. The first-order chi connectivity index (χ1) is 9.33. The summed E-state index contributed by atoms with van der Waals surface area (Å²) < 4.78 is 0. The summed E-state index contributed by atoms with van der Waals surface area (Å²) in [5.74, 6) is 0. The quantitative estimate of drug-likeness (QED) is 0.907. The minimum atomic E-state index is 0.639. The minimum absolute atomic E-state index is 0.639. The molecule has 2 aromatic carbocycles. The van der Waals surface area contributed by atoms with Gasteiger partial charge in [0.05, 0.1) is 0 Å². The lowest BCUT2D eigenvalue weighted by atomic mass is 10.1. The summed E-state index contributed by atoms with van der Waals surface area (Å²) in [4.78, 5) is 1.44. The van der Waals surface area contributed by atoms with Crippen molar-refractivity contribution in [1.82, 2.24) is 5.32 Å². The fourth-order valence-corrected chi connectivity index (χ4v) is 3.86. The van der Waals surface area contributed by atoms with Gasteiger partial charge >= 0.3 is 0 Å². The zero-order chi connectivity index (χ0) is 13.1. The number of rotatable bonds is 4. The molecular formula is C16H16ClNS. The minimum Gasteiger partial charge on any atom is -0.311 e. The summed E-state index contributed by atoms with van der Waals surface area (Å²) in [6, 6.07) is 16.7. The first-order valence-electron chi connectivity index (χ1n) is 6.51. The first kappa shape index (κ1) is 13.0. The second kappa shape index (κ2) is 6.00. The van der Waals surface area contributed by atoms with Crippen molar-refractivity contribution in [3.05, 3.63) is 64.7 Å². The Labute approximate surface area is 123 Å². The summed E-state index contributed by atoms with van der Waals surface area (Å²) in [5.41, 5.74) is 2.65. The van der Waals surface area contributed by atoms with E-state index in [0.29, 0.717) is 5.25 Å². The topological polar surface area (TPSA) is 12.0 Å². The molecule has 1 aliphatic rings. The molecule has 2 aromatic rings. The van der Waals surface area contributed by atoms with E-state index in [-0.39, 0.29) is 0 Å². The molecule has 1 atom stereocenters. The van der Waals surface area contributed by atoms with Crippen LogP contribution in [-0.2, 0) is 13.0 Å². The normalized spacial score (nSPS) is 17.4. The molecule has 0 bridgehead atoms. The molecule has 0 radical (unpaired) electrons. The predicted octanol–water partition coefficient (Wildman–Crippen LogP) is 4.15. The van der Waals surface area contributed by atoms with Gasteiger partial charge in [0.25, 0.3) is 0 Å². The average molecular weight is 290 g/mol. The second-order valence-corrected chi connectivity index (χ2v) is 6.52. The molecule has 1 nitrogen and oxygen atoms in total. The van der Waals surface area contributed by atoms with Crippen molar-refractivity contribution in [3.8, 4) is 0 Å². The molecule has 1 aliphatic heterocycles. The van der Waals surface area contributed by atoms with Crippen LogP contribution in [0.3, 0.4) is 0 Å². The largest absolute Gasteiger partial charge is 0.311 e. The SMILES string of the molecule is Clc1ccccc1CNCC1Cc2ccccc2S1. The Kier molecular flexibility index (Phi) is 4.12. The van der Waals surface area contributed by atoms with Crippen molar-refractivity contribution in [2.75, 3.05) is 6.54 Å². The van der Waals surface area contributed by atoms with Crippen LogP contribution in [0, 0.1) is 0 Å². The van der Waals surface area contributed by atoms with Crippen molar-refractivity contribution in [2.24, 2.45) is 0 Å².